The first-order chi connectivity index (χ1) is 18.0. The number of amides is 3. The van der Waals surface area contributed by atoms with Crippen LogP contribution in [0, 0.1) is 11.8 Å². The maximum atomic E-state index is 13.9. The van der Waals surface area contributed by atoms with Gasteiger partial charge in [-0.1, -0.05) is 34.1 Å². The van der Waals surface area contributed by atoms with Gasteiger partial charge in [-0.15, -0.1) is 0 Å². The first-order valence-corrected chi connectivity index (χ1v) is 14.0. The second kappa shape index (κ2) is 11.4. The van der Waals surface area contributed by atoms with E-state index in [-0.39, 0.29) is 29.2 Å². The van der Waals surface area contributed by atoms with Crippen molar-refractivity contribution in [1.82, 2.24) is 15.1 Å². The van der Waals surface area contributed by atoms with Gasteiger partial charge in [-0.3, -0.25) is 19.3 Å². The third-order valence-electron chi connectivity index (χ3n) is 8.02. The van der Waals surface area contributed by atoms with E-state index in [9.17, 15) is 19.5 Å². The number of unbranched alkanes of at least 4 members (excludes halogenated alkanes) is 1. The minimum absolute atomic E-state index is 0.0111. The molecule has 4 heterocycles. The first-order valence-electron chi connectivity index (χ1n) is 13.1. The number of carbonyl (C=O) groups is 3. The lowest BCUT2D eigenvalue weighted by atomic mass is 9.70. The van der Waals surface area contributed by atoms with Crippen molar-refractivity contribution >= 4 is 39.3 Å². The Hall–Kier alpha value is -2.05. The number of fused-ring (bicyclic) bond motifs is 1. The van der Waals surface area contributed by atoms with Crippen LogP contribution in [0.1, 0.15) is 19.3 Å². The van der Waals surface area contributed by atoms with Gasteiger partial charge in [0.05, 0.1) is 31.2 Å². The van der Waals surface area contributed by atoms with Crippen LogP contribution < -0.4 is 10.6 Å². The Kier molecular flexibility index (Phi) is 8.16. The average Bonchev–Trinajstić information content (AvgIpc) is 3.49. The van der Waals surface area contributed by atoms with Gasteiger partial charge in [0.2, 0.25) is 17.7 Å². The first kappa shape index (κ1) is 26.6. The fourth-order valence-corrected chi connectivity index (χ4v) is 7.31. The van der Waals surface area contributed by atoms with E-state index in [1.165, 1.54) is 0 Å². The zero-order valence-corrected chi connectivity index (χ0v) is 22.4. The van der Waals surface area contributed by atoms with Crippen molar-refractivity contribution in [1.29, 1.82) is 0 Å². The smallest absolute Gasteiger partial charge is 0.245 e. The molecule has 1 aromatic rings. The normalized spacial score (nSPS) is 33.0. The third-order valence-corrected chi connectivity index (χ3v) is 8.86. The molecule has 202 valence electrons. The molecule has 0 saturated carbocycles. The second-order valence-electron chi connectivity index (χ2n) is 10.2. The maximum absolute atomic E-state index is 13.9. The number of likely N-dealkylation sites (tertiary alicyclic amines) is 1. The van der Waals surface area contributed by atoms with Gasteiger partial charge in [0.25, 0.3) is 0 Å². The van der Waals surface area contributed by atoms with Crippen LogP contribution in [-0.4, -0.2) is 108 Å². The van der Waals surface area contributed by atoms with Gasteiger partial charge in [0, 0.05) is 49.8 Å². The van der Waals surface area contributed by atoms with E-state index >= 15 is 0 Å². The van der Waals surface area contributed by atoms with Crippen molar-refractivity contribution in [3.8, 4) is 0 Å². The van der Waals surface area contributed by atoms with E-state index in [1.807, 2.05) is 18.2 Å². The summed E-state index contributed by atoms with van der Waals surface area (Å²) in [6, 6.07) is 8.32. The molecule has 2 bridgehead atoms. The molecule has 3 N–H and O–H groups in total. The summed E-state index contributed by atoms with van der Waals surface area (Å²) in [7, 11) is 0. The van der Waals surface area contributed by atoms with Crippen LogP contribution in [0.2, 0.25) is 0 Å². The molecule has 6 atom stereocenters. The number of halogens is 1. The Balaban J connectivity index is 1.37. The van der Waals surface area contributed by atoms with Crippen LogP contribution in [0.25, 0.3) is 0 Å². The number of nitrogens with one attached hydrogen (secondary N) is 2. The van der Waals surface area contributed by atoms with Crippen LogP contribution in [0.15, 0.2) is 30.3 Å². The number of anilines is 1. The van der Waals surface area contributed by atoms with E-state index in [1.54, 1.807) is 17.0 Å². The summed E-state index contributed by atoms with van der Waals surface area (Å²) < 4.78 is 11.9. The van der Waals surface area contributed by atoms with E-state index in [2.05, 4.69) is 31.5 Å². The predicted molar refractivity (Wildman–Crippen MR) is 139 cm³/mol. The number of alkyl halides is 1. The molecule has 5 rings (SSSR count). The molecule has 3 amide bonds. The van der Waals surface area contributed by atoms with E-state index in [4.69, 9.17) is 9.47 Å². The van der Waals surface area contributed by atoms with Crippen molar-refractivity contribution < 1.29 is 29.0 Å². The molecular formula is C26H35BrN4O6. The van der Waals surface area contributed by atoms with Gasteiger partial charge >= 0.3 is 0 Å². The number of morpholine rings is 1. The number of benzene rings is 1. The molecule has 4 aliphatic heterocycles. The summed E-state index contributed by atoms with van der Waals surface area (Å²) >= 11 is 3.69. The fourth-order valence-electron chi connectivity index (χ4n) is 6.37. The number of rotatable bonds is 10. The Bertz CT molecular complexity index is 993. The summed E-state index contributed by atoms with van der Waals surface area (Å²) in [5, 5.41) is 15.3. The van der Waals surface area contributed by atoms with Gasteiger partial charge < -0.3 is 30.1 Å². The van der Waals surface area contributed by atoms with Crippen molar-refractivity contribution in [2.45, 2.75) is 41.8 Å². The molecule has 3 unspecified atom stereocenters. The standard InChI is InChI=1S/C26H35BrN4O6/c27-18-16-26-20(19(21(18)37-26)23(33)29-17-6-2-1-3-7-17)25(35)31(9-4-5-13-32)22(26)24(34)28-8-10-30-11-14-36-15-12-30/h1-3,6-7,18-22,32H,4-5,8-16H2,(H,28,34)(H,29,33)/t18?,19-,20+,21-,22?,26?/m1/s1. The van der Waals surface area contributed by atoms with E-state index < -0.39 is 29.6 Å². The highest BCUT2D eigenvalue weighted by Gasteiger charge is 2.76. The Morgan fingerprint density at radius 1 is 1.11 bits per heavy atom. The van der Waals surface area contributed by atoms with Crippen molar-refractivity contribution in [2.24, 2.45) is 11.8 Å². The number of nitrogens with zero attached hydrogens (tertiary/aromatic N) is 2. The molecule has 0 radical (unpaired) electrons. The number of carbonyl (C=O) groups excluding carboxylic acids is 3. The molecule has 0 aromatic heterocycles. The summed E-state index contributed by atoms with van der Waals surface area (Å²) in [6.07, 6.45) is 1.06. The Labute approximate surface area is 225 Å². The molecule has 1 aromatic carbocycles. The van der Waals surface area contributed by atoms with E-state index in [0.29, 0.717) is 57.8 Å². The van der Waals surface area contributed by atoms with Gasteiger partial charge in [-0.05, 0) is 31.4 Å². The SMILES string of the molecule is O=C(NCCN1CCOCC1)C1N(CCCCO)C(=O)[C@@H]2[C@@H](C(=O)Nc3ccccc3)[C@@H]3OC12CC3Br. The minimum atomic E-state index is -1.07. The van der Waals surface area contributed by atoms with Crippen molar-refractivity contribution in [3.05, 3.63) is 30.3 Å². The lowest BCUT2D eigenvalue weighted by molar-refractivity contribution is -0.141. The second-order valence-corrected chi connectivity index (χ2v) is 11.4. The zero-order chi connectivity index (χ0) is 26.0. The lowest BCUT2D eigenvalue weighted by Gasteiger charge is -2.34. The summed E-state index contributed by atoms with van der Waals surface area (Å²) in [6.45, 7) is 4.50. The number of aliphatic hydroxyl groups is 1. The third kappa shape index (κ3) is 5.04. The van der Waals surface area contributed by atoms with Gasteiger partial charge in [-0.2, -0.15) is 0 Å². The molecule has 0 aliphatic carbocycles. The van der Waals surface area contributed by atoms with E-state index in [0.717, 1.165) is 13.1 Å². The highest BCUT2D eigenvalue weighted by atomic mass is 79.9. The van der Waals surface area contributed by atoms with Gasteiger partial charge in [0.1, 0.15) is 11.6 Å². The largest absolute Gasteiger partial charge is 0.396 e. The molecule has 11 heteroatoms. The Morgan fingerprint density at radius 2 is 1.86 bits per heavy atom. The Morgan fingerprint density at radius 3 is 2.59 bits per heavy atom. The van der Waals surface area contributed by atoms with Gasteiger partial charge in [-0.25, -0.2) is 0 Å². The molecule has 1 spiro atoms. The number of ether oxygens (including phenoxy) is 2. The molecule has 10 nitrogen and oxygen atoms in total. The highest BCUT2D eigenvalue weighted by Crippen LogP contribution is 2.60. The number of hydrogen-bond acceptors (Lipinski definition) is 7. The van der Waals surface area contributed by atoms with Crippen molar-refractivity contribution in [3.63, 3.8) is 0 Å². The van der Waals surface area contributed by atoms with Crippen LogP contribution in [0.3, 0.4) is 0 Å². The quantitative estimate of drug-likeness (QED) is 0.274. The summed E-state index contributed by atoms with van der Waals surface area (Å²) in [5.41, 5.74) is -0.422. The molecule has 4 aliphatic rings. The zero-order valence-electron chi connectivity index (χ0n) is 20.8. The monoisotopic (exact) mass is 578 g/mol. The van der Waals surface area contributed by atoms with Crippen molar-refractivity contribution in [2.75, 3.05) is 57.9 Å². The number of hydrogen-bond donors (Lipinski definition) is 3. The fraction of sp³-hybridized carbons (Fsp3) is 0.654. The molecule has 4 fully saturated rings. The minimum Gasteiger partial charge on any atom is -0.396 e. The van der Waals surface area contributed by atoms with Crippen LogP contribution >= 0.6 is 15.9 Å². The highest BCUT2D eigenvalue weighted by molar-refractivity contribution is 9.09. The predicted octanol–water partition coefficient (Wildman–Crippen LogP) is 0.594. The molecule has 4 saturated heterocycles. The van der Waals surface area contributed by atoms with Crippen LogP contribution in [-0.2, 0) is 23.9 Å². The maximum Gasteiger partial charge on any atom is 0.245 e. The van der Waals surface area contributed by atoms with Gasteiger partial charge in [0.15, 0.2) is 0 Å². The topological polar surface area (TPSA) is 120 Å². The number of aliphatic hydroxyl groups excluding tert-OH is 1. The molecular weight excluding hydrogens is 544 g/mol. The number of para-hydroxylation sites is 1. The lowest BCUT2D eigenvalue weighted by Crippen LogP contribution is -2.56. The summed E-state index contributed by atoms with van der Waals surface area (Å²) in [5.74, 6) is -2.19. The molecule has 37 heavy (non-hydrogen) atoms. The average molecular weight is 579 g/mol. The summed E-state index contributed by atoms with van der Waals surface area (Å²) in [4.78, 5) is 44.7. The van der Waals surface area contributed by atoms with Crippen LogP contribution in [0.5, 0.6) is 0 Å². The van der Waals surface area contributed by atoms with Crippen LogP contribution in [0.4, 0.5) is 5.69 Å².